The number of hydrogen-bond donors (Lipinski definition) is 0. The molecule has 9 aromatic rings. The monoisotopic (exact) mass is 564 g/mol. The van der Waals surface area contributed by atoms with Gasteiger partial charge in [-0.2, -0.15) is 0 Å². The van der Waals surface area contributed by atoms with Gasteiger partial charge in [0.1, 0.15) is 0 Å². The van der Waals surface area contributed by atoms with E-state index in [-0.39, 0.29) is 0 Å². The normalized spacial score (nSPS) is 12.4. The summed E-state index contributed by atoms with van der Waals surface area (Å²) in [6.07, 6.45) is 0. The third kappa shape index (κ3) is 3.90. The number of fused-ring (bicyclic) bond motifs is 6. The maximum absolute atomic E-state index is 8.34. The molecule has 0 atom stereocenters. The van der Waals surface area contributed by atoms with Crippen LogP contribution in [0, 0.1) is 0 Å². The topological polar surface area (TPSA) is 0 Å². The van der Waals surface area contributed by atoms with Gasteiger partial charge in [0.05, 0.1) is 2.74 Å². The highest BCUT2D eigenvalue weighted by Crippen LogP contribution is 2.44. The van der Waals surface area contributed by atoms with Gasteiger partial charge >= 0.3 is 0 Å². The van der Waals surface area contributed by atoms with Crippen molar-refractivity contribution in [3.05, 3.63) is 158 Å². The summed E-state index contributed by atoms with van der Waals surface area (Å²) >= 11 is 1.70. The Morgan fingerprint density at radius 2 is 0.977 bits per heavy atom. The minimum atomic E-state index is 0.532. The van der Waals surface area contributed by atoms with Crippen LogP contribution in [0.25, 0.3) is 85.9 Å². The summed E-state index contributed by atoms with van der Waals surface area (Å²) in [7, 11) is 0. The molecule has 0 aliphatic rings. The number of hydrogen-bond acceptors (Lipinski definition) is 1. The predicted molar refractivity (Wildman–Crippen MR) is 188 cm³/mol. The third-order valence-corrected chi connectivity index (χ3v) is 9.83. The van der Waals surface area contributed by atoms with Gasteiger partial charge in [0, 0.05) is 20.2 Å². The van der Waals surface area contributed by atoms with Gasteiger partial charge in [-0.1, -0.05) is 133 Å². The molecule has 0 nitrogen and oxygen atoms in total. The van der Waals surface area contributed by atoms with Crippen LogP contribution in [0.3, 0.4) is 0 Å². The van der Waals surface area contributed by atoms with Crippen molar-refractivity contribution in [2.24, 2.45) is 0 Å². The SMILES string of the molecule is [2H]c1ccc2cc(-c3c4ccccc4c(-c4ccc(-c5ccc6sc7c([2H])cccc7c6c5)cc4)c4ccccc34)ccc2c1. The zero-order chi connectivity index (χ0) is 30.1. The van der Waals surface area contributed by atoms with Gasteiger partial charge < -0.3 is 0 Å². The van der Waals surface area contributed by atoms with Crippen molar-refractivity contribution in [2.75, 3.05) is 0 Å². The number of thiophene rings is 1. The molecule has 43 heavy (non-hydrogen) atoms. The Hall–Kier alpha value is -5.24. The van der Waals surface area contributed by atoms with E-state index in [1.54, 1.807) is 11.3 Å². The second kappa shape index (κ2) is 9.66. The lowest BCUT2D eigenvalue weighted by molar-refractivity contribution is 1.63. The highest BCUT2D eigenvalue weighted by Gasteiger charge is 2.17. The number of rotatable bonds is 3. The van der Waals surface area contributed by atoms with E-state index >= 15 is 0 Å². The lowest BCUT2D eigenvalue weighted by atomic mass is 9.85. The van der Waals surface area contributed by atoms with E-state index in [0.717, 1.165) is 20.9 Å². The van der Waals surface area contributed by atoms with Crippen molar-refractivity contribution in [1.82, 2.24) is 0 Å². The van der Waals surface area contributed by atoms with E-state index in [1.165, 1.54) is 65.0 Å². The molecule has 8 aromatic carbocycles. The molecule has 1 heteroatoms. The van der Waals surface area contributed by atoms with E-state index < -0.39 is 0 Å². The van der Waals surface area contributed by atoms with Crippen molar-refractivity contribution >= 4 is 63.8 Å². The smallest absolute Gasteiger partial charge is 0.0638 e. The molecule has 9 rings (SSSR count). The maximum Gasteiger partial charge on any atom is 0.0638 e. The van der Waals surface area contributed by atoms with E-state index in [4.69, 9.17) is 2.74 Å². The van der Waals surface area contributed by atoms with Crippen LogP contribution in [0.4, 0.5) is 0 Å². The highest BCUT2D eigenvalue weighted by atomic mass is 32.1. The molecule has 0 saturated heterocycles. The van der Waals surface area contributed by atoms with Crippen LogP contribution in [0.5, 0.6) is 0 Å². The Morgan fingerprint density at radius 3 is 1.72 bits per heavy atom. The van der Waals surface area contributed by atoms with Crippen LogP contribution in [-0.4, -0.2) is 0 Å². The van der Waals surface area contributed by atoms with E-state index in [0.29, 0.717) is 12.1 Å². The molecule has 0 saturated carbocycles. The Morgan fingerprint density at radius 1 is 0.372 bits per heavy atom. The second-order valence-corrected chi connectivity index (χ2v) is 12.2. The van der Waals surface area contributed by atoms with Gasteiger partial charge in [0.15, 0.2) is 0 Å². The molecule has 0 unspecified atom stereocenters. The Balaban J connectivity index is 1.21. The van der Waals surface area contributed by atoms with Crippen LogP contribution in [0.1, 0.15) is 2.74 Å². The Labute approximate surface area is 256 Å². The lowest BCUT2D eigenvalue weighted by Crippen LogP contribution is -1.91. The molecule has 0 N–H and O–H groups in total. The fraction of sp³-hybridized carbons (Fsp3) is 0. The van der Waals surface area contributed by atoms with Gasteiger partial charge in [-0.15, -0.1) is 11.3 Å². The summed E-state index contributed by atoms with van der Waals surface area (Å²) in [6, 6.07) is 52.7. The first-order valence-electron chi connectivity index (χ1n) is 15.6. The molecule has 0 spiro atoms. The molecule has 0 amide bonds. The fourth-order valence-corrected chi connectivity index (χ4v) is 7.75. The minimum Gasteiger partial charge on any atom is -0.135 e. The van der Waals surface area contributed by atoms with Gasteiger partial charge in [0.2, 0.25) is 0 Å². The second-order valence-electron chi connectivity index (χ2n) is 11.1. The van der Waals surface area contributed by atoms with E-state index in [1.807, 2.05) is 30.3 Å². The zero-order valence-corrected chi connectivity index (χ0v) is 24.1. The first-order chi connectivity index (χ1) is 22.1. The van der Waals surface area contributed by atoms with Crippen molar-refractivity contribution in [2.45, 2.75) is 0 Å². The third-order valence-electron chi connectivity index (χ3n) is 8.71. The largest absolute Gasteiger partial charge is 0.135 e. The van der Waals surface area contributed by atoms with Gasteiger partial charge in [-0.25, -0.2) is 0 Å². The summed E-state index contributed by atoms with van der Waals surface area (Å²) in [5, 5.41) is 9.54. The summed E-state index contributed by atoms with van der Waals surface area (Å²) < 4.78 is 18.6. The summed E-state index contributed by atoms with van der Waals surface area (Å²) in [5.74, 6) is 0. The van der Waals surface area contributed by atoms with Crippen LogP contribution in [-0.2, 0) is 0 Å². The van der Waals surface area contributed by atoms with Crippen LogP contribution >= 0.6 is 11.3 Å². The molecule has 200 valence electrons. The molecular weight excluding hydrogens is 537 g/mol. The van der Waals surface area contributed by atoms with Crippen LogP contribution in [0.2, 0.25) is 0 Å². The quantitative estimate of drug-likeness (QED) is 0.187. The molecule has 0 radical (unpaired) electrons. The van der Waals surface area contributed by atoms with E-state index in [2.05, 4.69) is 115 Å². The lowest BCUT2D eigenvalue weighted by Gasteiger charge is -2.18. The molecule has 0 aliphatic carbocycles. The number of benzene rings is 8. The van der Waals surface area contributed by atoms with Crippen LogP contribution < -0.4 is 0 Å². The fourth-order valence-electron chi connectivity index (χ4n) is 6.70. The summed E-state index contributed by atoms with van der Waals surface area (Å²) in [6.45, 7) is 0. The summed E-state index contributed by atoms with van der Waals surface area (Å²) in [5.41, 5.74) is 7.23. The van der Waals surface area contributed by atoms with Gasteiger partial charge in [0.25, 0.3) is 0 Å². The van der Waals surface area contributed by atoms with Crippen molar-refractivity contribution in [3.8, 4) is 33.4 Å². The molecule has 1 aromatic heterocycles. The van der Waals surface area contributed by atoms with Crippen molar-refractivity contribution < 1.29 is 2.74 Å². The van der Waals surface area contributed by atoms with E-state index in [9.17, 15) is 0 Å². The predicted octanol–water partition coefficient (Wildman–Crippen LogP) is 12.5. The molecular formula is C42H26S. The van der Waals surface area contributed by atoms with Crippen molar-refractivity contribution in [1.29, 1.82) is 0 Å². The maximum atomic E-state index is 8.34. The average molecular weight is 565 g/mol. The molecule has 0 bridgehead atoms. The van der Waals surface area contributed by atoms with Crippen LogP contribution in [0.15, 0.2) is 158 Å². The highest BCUT2D eigenvalue weighted by molar-refractivity contribution is 7.25. The summed E-state index contributed by atoms with van der Waals surface area (Å²) in [4.78, 5) is 0. The van der Waals surface area contributed by atoms with Gasteiger partial charge in [-0.3, -0.25) is 0 Å². The Kier molecular flexibility index (Phi) is 5.03. The standard InChI is InChI=1S/C42H26S/c1-2-10-30-25-32(22-19-27(30)9-1)42-36-14-5-3-12-34(36)41(35-13-4-6-15-37(35)42)29-20-17-28(18-21-29)31-23-24-40-38(26-31)33-11-7-8-16-39(33)43-40/h1-26H/i1D,16D. The molecule has 0 aliphatic heterocycles. The first kappa shape index (κ1) is 22.4. The van der Waals surface area contributed by atoms with Gasteiger partial charge in [-0.05, 0) is 89.9 Å². The average Bonchev–Trinajstić information content (AvgIpc) is 3.46. The molecule has 0 fully saturated rings. The zero-order valence-electron chi connectivity index (χ0n) is 25.3. The first-order valence-corrected chi connectivity index (χ1v) is 15.4. The minimum absolute atomic E-state index is 0.532. The Bertz CT molecular complexity index is 2550. The molecule has 1 heterocycles. The van der Waals surface area contributed by atoms with Crippen molar-refractivity contribution in [3.63, 3.8) is 0 Å².